The Morgan fingerprint density at radius 3 is 2.40 bits per heavy atom. The maximum Gasteiger partial charge on any atom is 0.232 e. The molecule has 2 aromatic rings. The number of amides is 1. The summed E-state index contributed by atoms with van der Waals surface area (Å²) < 4.78 is 25.4. The van der Waals surface area contributed by atoms with Crippen molar-refractivity contribution < 1.29 is 13.2 Å². The maximum absolute atomic E-state index is 12.1. The van der Waals surface area contributed by atoms with Crippen LogP contribution in [0.25, 0.3) is 0 Å². The molecule has 0 spiro atoms. The molecular weight excluding hydrogens is 487 g/mol. The minimum absolute atomic E-state index is 0.120. The Kier molecular flexibility index (Phi) is 10.1. The molecule has 0 aliphatic heterocycles. The fraction of sp³-hybridized carbons (Fsp3) is 0.350. The van der Waals surface area contributed by atoms with Gasteiger partial charge >= 0.3 is 0 Å². The second kappa shape index (κ2) is 12.1. The molecule has 30 heavy (non-hydrogen) atoms. The monoisotopic (exact) mass is 508 g/mol. The van der Waals surface area contributed by atoms with Crippen molar-refractivity contribution in [2.45, 2.75) is 18.6 Å². The Hall–Kier alpha value is -1.12. The quantitative estimate of drug-likeness (QED) is 0.421. The standard InChI is InChI=1S/C20H23Cl3N2O3S2/c1-30(27,28)25(16-6-2-5-15(21)13-16)11-4-9-20(26)24-10-12-29-14-17-18(22)7-3-8-19(17)23/h2-3,5-8,13H,4,9-12,14H2,1H3,(H,24,26). The van der Waals surface area contributed by atoms with Crippen LogP contribution in [0.2, 0.25) is 15.1 Å². The van der Waals surface area contributed by atoms with Crippen LogP contribution in [0.3, 0.4) is 0 Å². The first-order chi connectivity index (χ1) is 14.2. The first kappa shape index (κ1) is 25.1. The number of halogens is 3. The molecule has 0 aliphatic carbocycles. The van der Waals surface area contributed by atoms with E-state index in [0.717, 1.165) is 11.8 Å². The number of thioether (sulfide) groups is 1. The van der Waals surface area contributed by atoms with Gasteiger partial charge in [-0.25, -0.2) is 8.42 Å². The number of carbonyl (C=O) groups excluding carboxylic acids is 1. The van der Waals surface area contributed by atoms with Gasteiger partial charge in [0.2, 0.25) is 15.9 Å². The minimum atomic E-state index is -3.47. The Labute approximate surface area is 197 Å². The number of rotatable bonds is 11. The number of benzene rings is 2. The van der Waals surface area contributed by atoms with Gasteiger partial charge in [0.1, 0.15) is 0 Å². The average Bonchev–Trinajstić information content (AvgIpc) is 2.66. The van der Waals surface area contributed by atoms with Crippen molar-refractivity contribution in [3.8, 4) is 0 Å². The Morgan fingerprint density at radius 2 is 1.77 bits per heavy atom. The summed E-state index contributed by atoms with van der Waals surface area (Å²) in [6, 6.07) is 12.0. The van der Waals surface area contributed by atoms with Crippen molar-refractivity contribution in [1.82, 2.24) is 5.32 Å². The normalized spacial score (nSPS) is 11.3. The summed E-state index contributed by atoms with van der Waals surface area (Å²) in [5.74, 6) is 1.26. The highest BCUT2D eigenvalue weighted by atomic mass is 35.5. The fourth-order valence-corrected chi connectivity index (χ4v) is 5.43. The van der Waals surface area contributed by atoms with E-state index in [9.17, 15) is 13.2 Å². The van der Waals surface area contributed by atoms with Gasteiger partial charge in [-0.1, -0.05) is 46.9 Å². The second-order valence-corrected chi connectivity index (χ2v) is 10.8. The number of carbonyl (C=O) groups is 1. The van der Waals surface area contributed by atoms with Crippen molar-refractivity contribution in [3.63, 3.8) is 0 Å². The van der Waals surface area contributed by atoms with Gasteiger partial charge < -0.3 is 5.32 Å². The van der Waals surface area contributed by atoms with Crippen LogP contribution in [-0.4, -0.2) is 39.4 Å². The third-order valence-corrected chi connectivity index (χ3v) is 7.26. The van der Waals surface area contributed by atoms with E-state index in [0.29, 0.717) is 45.2 Å². The molecule has 2 aromatic carbocycles. The van der Waals surface area contributed by atoms with E-state index < -0.39 is 10.0 Å². The molecule has 0 saturated heterocycles. The van der Waals surface area contributed by atoms with E-state index in [2.05, 4.69) is 5.32 Å². The molecule has 0 heterocycles. The van der Waals surface area contributed by atoms with E-state index in [1.807, 2.05) is 0 Å². The highest BCUT2D eigenvalue weighted by molar-refractivity contribution is 7.98. The minimum Gasteiger partial charge on any atom is -0.355 e. The number of nitrogens with zero attached hydrogens (tertiary/aromatic N) is 1. The maximum atomic E-state index is 12.1. The Bertz CT molecular complexity index is 951. The average molecular weight is 510 g/mol. The smallest absolute Gasteiger partial charge is 0.232 e. The number of sulfonamides is 1. The van der Waals surface area contributed by atoms with Crippen LogP contribution in [0, 0.1) is 0 Å². The van der Waals surface area contributed by atoms with Gasteiger partial charge in [0.25, 0.3) is 0 Å². The molecule has 0 fully saturated rings. The topological polar surface area (TPSA) is 66.5 Å². The predicted molar refractivity (Wildman–Crippen MR) is 129 cm³/mol. The van der Waals surface area contributed by atoms with Crippen LogP contribution in [0.15, 0.2) is 42.5 Å². The molecule has 164 valence electrons. The summed E-state index contributed by atoms with van der Waals surface area (Å²) in [5, 5.41) is 4.56. The molecule has 1 N–H and O–H groups in total. The zero-order chi connectivity index (χ0) is 22.1. The number of hydrogen-bond donors (Lipinski definition) is 1. The molecule has 0 aromatic heterocycles. The molecule has 10 heteroatoms. The number of hydrogen-bond acceptors (Lipinski definition) is 4. The zero-order valence-electron chi connectivity index (χ0n) is 16.4. The molecule has 0 radical (unpaired) electrons. The van der Waals surface area contributed by atoms with E-state index >= 15 is 0 Å². The summed E-state index contributed by atoms with van der Waals surface area (Å²) in [4.78, 5) is 12.1. The molecule has 5 nitrogen and oxygen atoms in total. The van der Waals surface area contributed by atoms with Crippen LogP contribution in [0.4, 0.5) is 5.69 Å². The largest absolute Gasteiger partial charge is 0.355 e. The van der Waals surface area contributed by atoms with E-state index in [4.69, 9.17) is 34.8 Å². The molecular formula is C20H23Cl3N2O3S2. The van der Waals surface area contributed by atoms with Gasteiger partial charge in [-0.15, -0.1) is 0 Å². The lowest BCUT2D eigenvalue weighted by atomic mass is 10.2. The van der Waals surface area contributed by atoms with Gasteiger partial charge in [-0.05, 0) is 42.3 Å². The summed E-state index contributed by atoms with van der Waals surface area (Å²) in [5.41, 5.74) is 1.37. The Morgan fingerprint density at radius 1 is 1.10 bits per heavy atom. The van der Waals surface area contributed by atoms with Crippen molar-refractivity contribution in [2.75, 3.05) is 29.4 Å². The molecule has 0 unspecified atom stereocenters. The van der Waals surface area contributed by atoms with Crippen molar-refractivity contribution in [2.24, 2.45) is 0 Å². The number of nitrogens with one attached hydrogen (secondary N) is 1. The molecule has 2 rings (SSSR count). The summed E-state index contributed by atoms with van der Waals surface area (Å²) >= 11 is 19.9. The first-order valence-corrected chi connectivity index (χ1v) is 13.3. The SMILES string of the molecule is CS(=O)(=O)N(CCCC(=O)NCCSCc1c(Cl)cccc1Cl)c1cccc(Cl)c1. The first-order valence-electron chi connectivity index (χ1n) is 9.19. The van der Waals surface area contributed by atoms with Gasteiger partial charge in [0, 0.05) is 46.1 Å². The third kappa shape index (κ3) is 8.19. The third-order valence-electron chi connectivity index (χ3n) is 4.14. The molecule has 1 amide bonds. The van der Waals surface area contributed by atoms with Crippen LogP contribution in [0.1, 0.15) is 18.4 Å². The van der Waals surface area contributed by atoms with Gasteiger partial charge in [0.15, 0.2) is 0 Å². The fourth-order valence-electron chi connectivity index (χ4n) is 2.70. The van der Waals surface area contributed by atoms with E-state index in [-0.39, 0.29) is 18.9 Å². The van der Waals surface area contributed by atoms with Crippen LogP contribution in [-0.2, 0) is 20.6 Å². The molecule has 0 bridgehead atoms. The van der Waals surface area contributed by atoms with E-state index in [1.54, 1.807) is 54.2 Å². The lowest BCUT2D eigenvalue weighted by molar-refractivity contribution is -0.121. The van der Waals surface area contributed by atoms with Crippen LogP contribution in [0.5, 0.6) is 0 Å². The molecule has 0 saturated carbocycles. The van der Waals surface area contributed by atoms with Gasteiger partial charge in [-0.3, -0.25) is 9.10 Å². The predicted octanol–water partition coefficient (Wildman–Crippen LogP) is 5.24. The summed E-state index contributed by atoms with van der Waals surface area (Å²) in [6.45, 7) is 0.710. The Balaban J connectivity index is 1.72. The molecule has 0 aliphatic rings. The van der Waals surface area contributed by atoms with Gasteiger partial charge in [0.05, 0.1) is 11.9 Å². The van der Waals surface area contributed by atoms with Gasteiger partial charge in [-0.2, -0.15) is 11.8 Å². The highest BCUT2D eigenvalue weighted by Gasteiger charge is 2.17. The van der Waals surface area contributed by atoms with Crippen LogP contribution >= 0.6 is 46.6 Å². The van der Waals surface area contributed by atoms with E-state index in [1.165, 1.54) is 4.31 Å². The molecule has 0 atom stereocenters. The summed E-state index contributed by atoms with van der Waals surface area (Å²) in [6.07, 6.45) is 1.76. The number of anilines is 1. The summed E-state index contributed by atoms with van der Waals surface area (Å²) in [7, 11) is -3.47. The lowest BCUT2D eigenvalue weighted by Crippen LogP contribution is -2.32. The second-order valence-electron chi connectivity index (χ2n) is 6.52. The lowest BCUT2D eigenvalue weighted by Gasteiger charge is -2.22. The highest BCUT2D eigenvalue weighted by Crippen LogP contribution is 2.28. The van der Waals surface area contributed by atoms with Crippen molar-refractivity contribution in [1.29, 1.82) is 0 Å². The van der Waals surface area contributed by atoms with Crippen LogP contribution < -0.4 is 9.62 Å². The van der Waals surface area contributed by atoms with Crippen molar-refractivity contribution >= 4 is 68.2 Å². The van der Waals surface area contributed by atoms with Crippen molar-refractivity contribution in [3.05, 3.63) is 63.1 Å². The zero-order valence-corrected chi connectivity index (χ0v) is 20.3.